The Kier molecular flexibility index (Phi) is 6.05. The summed E-state index contributed by atoms with van der Waals surface area (Å²) >= 11 is 11.7. The molecule has 0 spiro atoms. The van der Waals surface area contributed by atoms with E-state index in [0.29, 0.717) is 13.2 Å². The van der Waals surface area contributed by atoms with Gasteiger partial charge >= 0.3 is 12.6 Å². The number of rotatable bonds is 4. The van der Waals surface area contributed by atoms with Crippen LogP contribution in [0.5, 0.6) is 5.75 Å². The number of halogens is 4. The molecule has 0 bridgehead atoms. The number of benzene rings is 1. The van der Waals surface area contributed by atoms with Gasteiger partial charge in [-0.15, -0.1) is 0 Å². The van der Waals surface area contributed by atoms with Gasteiger partial charge in [0.25, 0.3) is 0 Å². The summed E-state index contributed by atoms with van der Waals surface area (Å²) in [6, 6.07) is 2.24. The lowest BCUT2D eigenvalue weighted by Crippen LogP contribution is -2.42. The first-order chi connectivity index (χ1) is 10.5. The van der Waals surface area contributed by atoms with Crippen LogP contribution in [0, 0.1) is 0 Å². The minimum absolute atomic E-state index is 0.0497. The number of urea groups is 1. The summed E-state index contributed by atoms with van der Waals surface area (Å²) < 4.78 is 29.3. The van der Waals surface area contributed by atoms with Gasteiger partial charge in [0.2, 0.25) is 0 Å². The summed E-state index contributed by atoms with van der Waals surface area (Å²) in [5.41, 5.74) is 0.253. The van der Waals surface area contributed by atoms with E-state index in [1.807, 2.05) is 0 Å². The molecule has 2 amide bonds. The van der Waals surface area contributed by atoms with E-state index in [9.17, 15) is 13.6 Å². The minimum atomic E-state index is -3.03. The lowest BCUT2D eigenvalue weighted by atomic mass is 10.2. The van der Waals surface area contributed by atoms with Crippen molar-refractivity contribution in [2.24, 2.45) is 0 Å². The summed E-state index contributed by atoms with van der Waals surface area (Å²) in [6.07, 6.45) is 1.73. The maximum absolute atomic E-state index is 12.4. The van der Waals surface area contributed by atoms with Crippen molar-refractivity contribution >= 4 is 29.2 Å². The molecule has 1 aliphatic heterocycles. The molecule has 0 saturated carbocycles. The van der Waals surface area contributed by atoms with Crippen LogP contribution in [0.15, 0.2) is 12.1 Å². The molecule has 1 heterocycles. The topological polar surface area (TPSA) is 50.8 Å². The summed E-state index contributed by atoms with van der Waals surface area (Å²) in [6.45, 7) is -2.15. The molecular weight excluding hydrogens is 341 g/mol. The summed E-state index contributed by atoms with van der Waals surface area (Å²) in [7, 11) is 0. The fraction of sp³-hybridized carbons (Fsp3) is 0.462. The maximum Gasteiger partial charge on any atom is 0.387 e. The van der Waals surface area contributed by atoms with E-state index in [0.717, 1.165) is 12.8 Å². The number of amides is 2. The number of nitrogens with zero attached hydrogens (tertiary/aromatic N) is 1. The van der Waals surface area contributed by atoms with Crippen LogP contribution in [-0.4, -0.2) is 30.9 Å². The van der Waals surface area contributed by atoms with Crippen LogP contribution < -0.4 is 10.1 Å². The van der Waals surface area contributed by atoms with Gasteiger partial charge in [-0.2, -0.15) is 8.78 Å². The van der Waals surface area contributed by atoms with E-state index >= 15 is 0 Å². The van der Waals surface area contributed by atoms with E-state index in [1.165, 1.54) is 17.2 Å². The molecular formula is C13H14Cl2F2N2O3. The number of hydroxylamine groups is 2. The number of carbonyl (C=O) groups is 1. The number of carbonyl (C=O) groups excluding carboxylic acids is 1. The molecule has 0 unspecified atom stereocenters. The lowest BCUT2D eigenvalue weighted by Gasteiger charge is -2.26. The monoisotopic (exact) mass is 354 g/mol. The van der Waals surface area contributed by atoms with Crippen LogP contribution >= 0.6 is 23.2 Å². The average Bonchev–Trinajstić information content (AvgIpc) is 2.48. The third kappa shape index (κ3) is 4.59. The molecule has 22 heavy (non-hydrogen) atoms. The van der Waals surface area contributed by atoms with Crippen molar-refractivity contribution in [1.29, 1.82) is 0 Å². The highest BCUT2D eigenvalue weighted by molar-refractivity contribution is 6.35. The van der Waals surface area contributed by atoms with Crippen molar-refractivity contribution < 1.29 is 23.1 Å². The average molecular weight is 355 g/mol. The first-order valence-electron chi connectivity index (χ1n) is 6.58. The molecule has 9 heteroatoms. The zero-order valence-electron chi connectivity index (χ0n) is 11.5. The Morgan fingerprint density at radius 3 is 2.82 bits per heavy atom. The van der Waals surface area contributed by atoms with E-state index in [2.05, 4.69) is 10.1 Å². The van der Waals surface area contributed by atoms with Gasteiger partial charge in [0, 0.05) is 17.1 Å². The third-order valence-corrected chi connectivity index (χ3v) is 3.45. The molecule has 122 valence electrons. The summed E-state index contributed by atoms with van der Waals surface area (Å²) in [5, 5.41) is 3.96. The van der Waals surface area contributed by atoms with Crippen LogP contribution in [0.3, 0.4) is 0 Å². The largest absolute Gasteiger partial charge is 0.433 e. The van der Waals surface area contributed by atoms with Gasteiger partial charge in [-0.25, -0.2) is 9.86 Å². The van der Waals surface area contributed by atoms with Gasteiger partial charge < -0.3 is 10.1 Å². The minimum Gasteiger partial charge on any atom is -0.433 e. The standard InChI is InChI=1S/C13H14Cl2F2N2O3/c14-9-5-8(11(10(15)6-9)22-12(16)17)7-18-13(20)19-3-1-2-4-21-19/h5-6,12H,1-4,7H2,(H,18,20). The number of hydrogen-bond acceptors (Lipinski definition) is 3. The number of nitrogens with one attached hydrogen (secondary N) is 1. The van der Waals surface area contributed by atoms with E-state index in [1.54, 1.807) is 0 Å². The SMILES string of the molecule is O=C(NCc1cc(Cl)cc(Cl)c1OC(F)F)N1CCCCO1. The fourth-order valence-electron chi connectivity index (χ4n) is 1.98. The maximum atomic E-state index is 12.4. The number of alkyl halides is 2. The second kappa shape index (κ2) is 7.80. The summed E-state index contributed by atoms with van der Waals surface area (Å²) in [4.78, 5) is 17.1. The molecule has 0 radical (unpaired) electrons. The van der Waals surface area contributed by atoms with Gasteiger partial charge in [0.1, 0.15) is 5.75 Å². The van der Waals surface area contributed by atoms with Crippen molar-refractivity contribution in [3.8, 4) is 5.75 Å². The van der Waals surface area contributed by atoms with Crippen molar-refractivity contribution in [3.05, 3.63) is 27.7 Å². The van der Waals surface area contributed by atoms with Crippen LogP contribution in [0.4, 0.5) is 13.6 Å². The quantitative estimate of drug-likeness (QED) is 0.893. The van der Waals surface area contributed by atoms with E-state index < -0.39 is 12.6 Å². The second-order valence-electron chi connectivity index (χ2n) is 4.56. The molecule has 5 nitrogen and oxygen atoms in total. The molecule has 1 N–H and O–H groups in total. The van der Waals surface area contributed by atoms with Crippen LogP contribution in [-0.2, 0) is 11.4 Å². The normalized spacial score (nSPS) is 15.0. The van der Waals surface area contributed by atoms with Crippen LogP contribution in [0.2, 0.25) is 10.0 Å². The highest BCUT2D eigenvalue weighted by Crippen LogP contribution is 2.33. The van der Waals surface area contributed by atoms with Crippen molar-refractivity contribution in [1.82, 2.24) is 10.4 Å². The summed E-state index contributed by atoms with van der Waals surface area (Å²) in [5.74, 6) is -0.207. The van der Waals surface area contributed by atoms with E-state index in [4.69, 9.17) is 28.0 Å². The van der Waals surface area contributed by atoms with Gasteiger partial charge in [0.05, 0.1) is 18.2 Å². The fourth-order valence-corrected chi connectivity index (χ4v) is 2.56. The molecule has 1 fully saturated rings. The highest BCUT2D eigenvalue weighted by Gasteiger charge is 2.19. The second-order valence-corrected chi connectivity index (χ2v) is 5.40. The Morgan fingerprint density at radius 1 is 1.41 bits per heavy atom. The zero-order valence-corrected chi connectivity index (χ0v) is 13.0. The Morgan fingerprint density at radius 2 is 2.18 bits per heavy atom. The van der Waals surface area contributed by atoms with Gasteiger partial charge in [-0.05, 0) is 25.0 Å². The molecule has 1 aromatic rings. The molecule has 0 atom stereocenters. The van der Waals surface area contributed by atoms with Gasteiger partial charge in [0.15, 0.2) is 0 Å². The Hall–Kier alpha value is -1.31. The van der Waals surface area contributed by atoms with Crippen molar-refractivity contribution in [2.45, 2.75) is 26.0 Å². The zero-order chi connectivity index (χ0) is 16.1. The predicted octanol–water partition coefficient (Wildman–Crippen LogP) is 3.83. The first kappa shape index (κ1) is 17.1. The smallest absolute Gasteiger partial charge is 0.387 e. The lowest BCUT2D eigenvalue weighted by molar-refractivity contribution is -0.139. The highest BCUT2D eigenvalue weighted by atomic mass is 35.5. The number of ether oxygens (including phenoxy) is 1. The van der Waals surface area contributed by atoms with Gasteiger partial charge in [-0.3, -0.25) is 4.84 Å². The molecule has 1 aliphatic rings. The Bertz CT molecular complexity index is 540. The van der Waals surface area contributed by atoms with E-state index in [-0.39, 0.29) is 27.9 Å². The van der Waals surface area contributed by atoms with Crippen molar-refractivity contribution in [2.75, 3.05) is 13.2 Å². The Labute approximate surface area is 136 Å². The molecule has 2 rings (SSSR count). The van der Waals surface area contributed by atoms with Crippen LogP contribution in [0.1, 0.15) is 18.4 Å². The van der Waals surface area contributed by atoms with Crippen LogP contribution in [0.25, 0.3) is 0 Å². The molecule has 1 aromatic carbocycles. The molecule has 0 aromatic heterocycles. The first-order valence-corrected chi connectivity index (χ1v) is 7.34. The van der Waals surface area contributed by atoms with Gasteiger partial charge in [-0.1, -0.05) is 23.2 Å². The predicted molar refractivity (Wildman–Crippen MR) is 77.2 cm³/mol. The molecule has 1 saturated heterocycles. The molecule has 0 aliphatic carbocycles. The number of hydrogen-bond donors (Lipinski definition) is 1. The van der Waals surface area contributed by atoms with Crippen molar-refractivity contribution in [3.63, 3.8) is 0 Å². The third-order valence-electron chi connectivity index (χ3n) is 2.95. The Balaban J connectivity index is 2.06.